The van der Waals surface area contributed by atoms with E-state index < -0.39 is 0 Å². The van der Waals surface area contributed by atoms with Crippen LogP contribution in [0.15, 0.2) is 22.7 Å². The molecule has 0 spiro atoms. The minimum Gasteiger partial charge on any atom is -0.317 e. The van der Waals surface area contributed by atoms with Gasteiger partial charge in [-0.2, -0.15) is 0 Å². The molecule has 19 heavy (non-hydrogen) atoms. The summed E-state index contributed by atoms with van der Waals surface area (Å²) in [5.74, 6) is 0.400. The zero-order valence-corrected chi connectivity index (χ0v) is 13.1. The minimum atomic E-state index is -0.113. The molecule has 1 unspecified atom stereocenters. The van der Waals surface area contributed by atoms with Crippen LogP contribution in [0.1, 0.15) is 37.3 Å². The van der Waals surface area contributed by atoms with Gasteiger partial charge >= 0.3 is 0 Å². The molecular formula is C15H22BrFN2. The Kier molecular flexibility index (Phi) is 5.37. The number of benzene rings is 1. The summed E-state index contributed by atoms with van der Waals surface area (Å²) in [6, 6.07) is 5.93. The van der Waals surface area contributed by atoms with E-state index in [9.17, 15) is 4.39 Å². The first-order chi connectivity index (χ1) is 9.15. The quantitative estimate of drug-likeness (QED) is 0.881. The summed E-state index contributed by atoms with van der Waals surface area (Å²) < 4.78 is 15.0. The highest BCUT2D eigenvalue weighted by atomic mass is 79.9. The highest BCUT2D eigenvalue weighted by molar-refractivity contribution is 9.10. The van der Waals surface area contributed by atoms with Crippen LogP contribution in [0.3, 0.4) is 0 Å². The molecule has 0 aliphatic heterocycles. The van der Waals surface area contributed by atoms with E-state index >= 15 is 0 Å². The lowest BCUT2D eigenvalue weighted by Crippen LogP contribution is -2.35. The van der Waals surface area contributed by atoms with Crippen molar-refractivity contribution in [2.45, 2.75) is 37.8 Å². The molecule has 1 aromatic carbocycles. The molecule has 2 nitrogen and oxygen atoms in total. The smallest absolute Gasteiger partial charge is 0.128 e. The van der Waals surface area contributed by atoms with Gasteiger partial charge in [0.1, 0.15) is 5.82 Å². The van der Waals surface area contributed by atoms with Gasteiger partial charge in [0.25, 0.3) is 0 Å². The maximum Gasteiger partial charge on any atom is 0.128 e. The molecule has 1 saturated carbocycles. The topological polar surface area (TPSA) is 24.1 Å². The van der Waals surface area contributed by atoms with Crippen LogP contribution < -0.4 is 10.6 Å². The standard InChI is InChI=1S/C15H22BrFN2/c1-18-12-6-3-10(4-7-12)15(19-2)13-9-11(16)5-8-14(13)17/h5,8-10,12,15,18-19H,3-4,6-7H2,1-2H3. The molecular weight excluding hydrogens is 307 g/mol. The summed E-state index contributed by atoms with van der Waals surface area (Å²) in [5, 5.41) is 6.65. The molecule has 4 heteroatoms. The van der Waals surface area contributed by atoms with Crippen molar-refractivity contribution in [1.82, 2.24) is 10.6 Å². The van der Waals surface area contributed by atoms with E-state index in [2.05, 4.69) is 26.6 Å². The van der Waals surface area contributed by atoms with E-state index in [1.807, 2.05) is 20.2 Å². The van der Waals surface area contributed by atoms with E-state index in [4.69, 9.17) is 0 Å². The van der Waals surface area contributed by atoms with Crippen LogP contribution in [0.5, 0.6) is 0 Å². The maximum absolute atomic E-state index is 14.0. The Hall–Kier alpha value is -0.450. The van der Waals surface area contributed by atoms with Crippen molar-refractivity contribution < 1.29 is 4.39 Å². The second kappa shape index (κ2) is 6.82. The summed E-state index contributed by atoms with van der Waals surface area (Å²) in [7, 11) is 3.95. The molecule has 0 saturated heterocycles. The minimum absolute atomic E-state index is 0.107. The van der Waals surface area contributed by atoms with Crippen molar-refractivity contribution in [2.75, 3.05) is 14.1 Å². The predicted molar refractivity (Wildman–Crippen MR) is 80.7 cm³/mol. The van der Waals surface area contributed by atoms with Gasteiger partial charge in [-0.05, 0) is 63.9 Å². The molecule has 0 aromatic heterocycles. The van der Waals surface area contributed by atoms with E-state index in [1.165, 1.54) is 12.8 Å². The highest BCUT2D eigenvalue weighted by Crippen LogP contribution is 2.36. The molecule has 2 N–H and O–H groups in total. The molecule has 1 aliphatic rings. The fourth-order valence-corrected chi connectivity index (χ4v) is 3.52. The van der Waals surface area contributed by atoms with Crippen LogP contribution in [0, 0.1) is 11.7 Å². The van der Waals surface area contributed by atoms with Gasteiger partial charge in [0.15, 0.2) is 0 Å². The van der Waals surface area contributed by atoms with Gasteiger partial charge < -0.3 is 10.6 Å². The summed E-state index contributed by atoms with van der Waals surface area (Å²) in [6.45, 7) is 0. The number of halogens is 2. The van der Waals surface area contributed by atoms with E-state index in [0.717, 1.165) is 22.9 Å². The van der Waals surface area contributed by atoms with Crippen molar-refractivity contribution >= 4 is 15.9 Å². The second-order valence-electron chi connectivity index (χ2n) is 5.33. The average molecular weight is 329 g/mol. The number of nitrogens with one attached hydrogen (secondary N) is 2. The van der Waals surface area contributed by atoms with Crippen LogP contribution in [0.25, 0.3) is 0 Å². The lowest BCUT2D eigenvalue weighted by molar-refractivity contribution is 0.244. The normalized spacial score (nSPS) is 25.3. The van der Waals surface area contributed by atoms with Crippen LogP contribution in [0.2, 0.25) is 0 Å². The SMILES string of the molecule is CNC1CCC(C(NC)c2cc(Br)ccc2F)CC1. The lowest BCUT2D eigenvalue weighted by Gasteiger charge is -2.34. The van der Waals surface area contributed by atoms with Crippen molar-refractivity contribution in [3.8, 4) is 0 Å². The van der Waals surface area contributed by atoms with Crippen LogP contribution >= 0.6 is 15.9 Å². The Morgan fingerprint density at radius 1 is 1.21 bits per heavy atom. The van der Waals surface area contributed by atoms with Crippen LogP contribution in [-0.2, 0) is 0 Å². The molecule has 0 amide bonds. The van der Waals surface area contributed by atoms with Gasteiger partial charge in [0.05, 0.1) is 0 Å². The molecule has 1 aromatic rings. The first-order valence-corrected chi connectivity index (χ1v) is 7.74. The Morgan fingerprint density at radius 2 is 1.89 bits per heavy atom. The Morgan fingerprint density at radius 3 is 2.47 bits per heavy atom. The Labute approximate surface area is 123 Å². The molecule has 1 atom stereocenters. The molecule has 106 valence electrons. The molecule has 2 rings (SSSR count). The van der Waals surface area contributed by atoms with E-state index in [0.29, 0.717) is 12.0 Å². The summed E-state index contributed by atoms with van der Waals surface area (Å²) >= 11 is 3.43. The first-order valence-electron chi connectivity index (χ1n) is 6.95. The summed E-state index contributed by atoms with van der Waals surface area (Å²) in [5.41, 5.74) is 0.782. The third kappa shape index (κ3) is 3.56. The second-order valence-corrected chi connectivity index (χ2v) is 6.25. The van der Waals surface area contributed by atoms with Crippen LogP contribution in [-0.4, -0.2) is 20.1 Å². The third-order valence-corrected chi connectivity index (χ3v) is 4.75. The van der Waals surface area contributed by atoms with Gasteiger partial charge in [-0.1, -0.05) is 15.9 Å². The fourth-order valence-electron chi connectivity index (χ4n) is 3.14. The molecule has 1 fully saturated rings. The monoisotopic (exact) mass is 328 g/mol. The van der Waals surface area contributed by atoms with Crippen molar-refractivity contribution in [3.05, 3.63) is 34.1 Å². The highest BCUT2D eigenvalue weighted by Gasteiger charge is 2.28. The zero-order chi connectivity index (χ0) is 13.8. The van der Waals surface area contributed by atoms with Gasteiger partial charge in [-0.3, -0.25) is 0 Å². The Bertz CT molecular complexity index is 417. The van der Waals surface area contributed by atoms with Crippen molar-refractivity contribution in [3.63, 3.8) is 0 Å². The van der Waals surface area contributed by atoms with Crippen molar-refractivity contribution in [1.29, 1.82) is 0 Å². The van der Waals surface area contributed by atoms with E-state index in [-0.39, 0.29) is 11.9 Å². The van der Waals surface area contributed by atoms with Gasteiger partial charge in [0, 0.05) is 22.1 Å². The lowest BCUT2D eigenvalue weighted by atomic mass is 9.79. The molecule has 0 heterocycles. The third-order valence-electron chi connectivity index (χ3n) is 4.26. The number of hydrogen-bond acceptors (Lipinski definition) is 2. The van der Waals surface area contributed by atoms with Crippen LogP contribution in [0.4, 0.5) is 4.39 Å². The molecule has 1 aliphatic carbocycles. The van der Waals surface area contributed by atoms with Gasteiger partial charge in [-0.25, -0.2) is 4.39 Å². The van der Waals surface area contributed by atoms with Gasteiger partial charge in [-0.15, -0.1) is 0 Å². The summed E-state index contributed by atoms with van der Waals surface area (Å²) in [6.07, 6.45) is 4.63. The fraction of sp³-hybridized carbons (Fsp3) is 0.600. The molecule has 0 bridgehead atoms. The number of rotatable bonds is 4. The van der Waals surface area contributed by atoms with Crippen molar-refractivity contribution in [2.24, 2.45) is 5.92 Å². The largest absolute Gasteiger partial charge is 0.317 e. The summed E-state index contributed by atoms with van der Waals surface area (Å²) in [4.78, 5) is 0. The predicted octanol–water partition coefficient (Wildman–Crippen LogP) is 3.63. The van der Waals surface area contributed by atoms with E-state index in [1.54, 1.807) is 12.1 Å². The first kappa shape index (κ1) is 14.9. The molecule has 0 radical (unpaired) electrons. The van der Waals surface area contributed by atoms with Gasteiger partial charge in [0.2, 0.25) is 0 Å². The maximum atomic E-state index is 14.0. The Balaban J connectivity index is 2.14. The average Bonchev–Trinajstić information content (AvgIpc) is 2.44. The number of hydrogen-bond donors (Lipinski definition) is 2. The zero-order valence-electron chi connectivity index (χ0n) is 11.5.